The van der Waals surface area contributed by atoms with Crippen molar-refractivity contribution in [3.05, 3.63) is 29.3 Å². The van der Waals surface area contributed by atoms with Gasteiger partial charge < -0.3 is 14.9 Å². The Bertz CT molecular complexity index is 487. The summed E-state index contributed by atoms with van der Waals surface area (Å²) >= 11 is 0. The highest BCUT2D eigenvalue weighted by Gasteiger charge is 2.21. The van der Waals surface area contributed by atoms with Crippen LogP contribution < -0.4 is 4.74 Å². The van der Waals surface area contributed by atoms with Crippen LogP contribution in [0.2, 0.25) is 0 Å². The lowest BCUT2D eigenvalue weighted by molar-refractivity contribution is -0.147. The number of rotatable bonds is 6. The molecule has 104 valence electrons. The minimum Gasteiger partial charge on any atom is -0.479 e. The molecule has 0 amide bonds. The van der Waals surface area contributed by atoms with Crippen LogP contribution in [0.25, 0.3) is 0 Å². The normalized spacial score (nSPS) is 12.3. The topological polar surface area (TPSA) is 83.8 Å². The van der Waals surface area contributed by atoms with Crippen molar-refractivity contribution < 1.29 is 33.3 Å². The number of carboxylic acids is 1. The summed E-state index contributed by atoms with van der Waals surface area (Å²) in [5.41, 5.74) is 0.116. The summed E-state index contributed by atoms with van der Waals surface area (Å²) in [4.78, 5) is 21.8. The fourth-order valence-corrected chi connectivity index (χ4v) is 1.57. The Morgan fingerprint density at radius 1 is 1.37 bits per heavy atom. The van der Waals surface area contributed by atoms with Gasteiger partial charge in [-0.3, -0.25) is 4.79 Å². The number of alkyl halides is 2. The molecule has 0 fully saturated rings. The molecule has 0 aliphatic rings. The minimum absolute atomic E-state index is 0.103. The molecule has 0 bridgehead atoms. The Kier molecular flexibility index (Phi) is 4.94. The molecule has 0 radical (unpaired) electrons. The molecule has 1 atom stereocenters. The number of aliphatic hydroxyl groups is 1. The van der Waals surface area contributed by atoms with Gasteiger partial charge in [-0.25, -0.2) is 4.79 Å². The van der Waals surface area contributed by atoms with Crippen LogP contribution in [0.5, 0.6) is 5.75 Å². The highest BCUT2D eigenvalue weighted by molar-refractivity contribution is 5.80. The van der Waals surface area contributed by atoms with Crippen molar-refractivity contribution in [2.24, 2.45) is 0 Å². The average Bonchev–Trinajstić information content (AvgIpc) is 2.28. The average molecular weight is 274 g/mol. The fraction of sp³-hybridized carbons (Fsp3) is 0.333. The van der Waals surface area contributed by atoms with Gasteiger partial charge in [0.1, 0.15) is 11.5 Å². The number of Topliss-reactive ketones (excluding diaryl/α,β-unsaturated/α-hetero) is 1. The summed E-state index contributed by atoms with van der Waals surface area (Å²) in [6, 6.07) is 3.45. The van der Waals surface area contributed by atoms with Crippen LogP contribution in [-0.4, -0.2) is 28.6 Å². The molecule has 1 unspecified atom stereocenters. The lowest BCUT2D eigenvalue weighted by atomic mass is 9.98. The largest absolute Gasteiger partial charge is 0.479 e. The Morgan fingerprint density at radius 2 is 2.00 bits per heavy atom. The molecule has 0 aliphatic carbocycles. The molecule has 0 aromatic heterocycles. The Balaban J connectivity index is 3.17. The van der Waals surface area contributed by atoms with Crippen molar-refractivity contribution in [1.82, 2.24) is 0 Å². The Morgan fingerprint density at radius 3 is 2.47 bits per heavy atom. The number of carbonyl (C=O) groups excluding carboxylic acids is 1. The predicted octanol–water partition coefficient (Wildman–Crippen LogP) is 1.54. The summed E-state index contributed by atoms with van der Waals surface area (Å²) in [6.07, 6.45) is -2.01. The van der Waals surface area contributed by atoms with Crippen LogP contribution in [0.1, 0.15) is 24.2 Å². The van der Waals surface area contributed by atoms with Gasteiger partial charge in [0, 0.05) is 6.42 Å². The molecule has 5 nitrogen and oxygen atoms in total. The third kappa shape index (κ3) is 4.29. The second-order valence-electron chi connectivity index (χ2n) is 3.86. The summed E-state index contributed by atoms with van der Waals surface area (Å²) < 4.78 is 28.3. The standard InChI is InChI=1S/C12H12F2O5/c1-6(15)4-7-2-3-8(19-12(13)14)5-9(7)10(16)11(17)18/h2-3,5,10,12,16H,4H2,1H3,(H,17,18). The summed E-state index contributed by atoms with van der Waals surface area (Å²) in [5.74, 6) is -2.07. The number of ether oxygens (including phenoxy) is 1. The molecular formula is C12H12F2O5. The Hall–Kier alpha value is -2.02. The summed E-state index contributed by atoms with van der Waals surface area (Å²) in [7, 11) is 0. The molecule has 1 aromatic carbocycles. The van der Waals surface area contributed by atoms with E-state index < -0.39 is 18.7 Å². The van der Waals surface area contributed by atoms with Crippen molar-refractivity contribution in [3.63, 3.8) is 0 Å². The van der Waals surface area contributed by atoms with E-state index in [9.17, 15) is 23.5 Å². The number of hydrogen-bond donors (Lipinski definition) is 2. The second kappa shape index (κ2) is 6.24. The number of hydrogen-bond acceptors (Lipinski definition) is 4. The highest BCUT2D eigenvalue weighted by Crippen LogP contribution is 2.25. The van der Waals surface area contributed by atoms with Crippen LogP contribution >= 0.6 is 0 Å². The molecule has 2 N–H and O–H groups in total. The van der Waals surface area contributed by atoms with E-state index in [0.717, 1.165) is 6.07 Å². The van der Waals surface area contributed by atoms with Gasteiger partial charge in [-0.05, 0) is 30.2 Å². The molecule has 7 heteroatoms. The van der Waals surface area contributed by atoms with Crippen LogP contribution in [0.4, 0.5) is 8.78 Å². The van der Waals surface area contributed by atoms with Crippen LogP contribution in [0.15, 0.2) is 18.2 Å². The molecule has 0 spiro atoms. The van der Waals surface area contributed by atoms with Crippen molar-refractivity contribution in [1.29, 1.82) is 0 Å². The van der Waals surface area contributed by atoms with E-state index in [4.69, 9.17) is 5.11 Å². The highest BCUT2D eigenvalue weighted by atomic mass is 19.3. The molecule has 0 saturated heterocycles. The summed E-state index contributed by atoms with van der Waals surface area (Å²) in [5, 5.41) is 18.2. The molecule has 1 aromatic rings. The lowest BCUT2D eigenvalue weighted by Gasteiger charge is -2.14. The molecule has 19 heavy (non-hydrogen) atoms. The zero-order valence-corrected chi connectivity index (χ0v) is 9.97. The van der Waals surface area contributed by atoms with Gasteiger partial charge >= 0.3 is 12.6 Å². The minimum atomic E-state index is -3.06. The van der Waals surface area contributed by atoms with E-state index in [2.05, 4.69) is 4.74 Å². The zero-order chi connectivity index (χ0) is 14.6. The zero-order valence-electron chi connectivity index (χ0n) is 9.97. The van der Waals surface area contributed by atoms with E-state index in [1.165, 1.54) is 19.1 Å². The first-order valence-corrected chi connectivity index (χ1v) is 5.29. The van der Waals surface area contributed by atoms with Crippen LogP contribution in [0.3, 0.4) is 0 Å². The first-order chi connectivity index (χ1) is 8.81. The van der Waals surface area contributed by atoms with Gasteiger partial charge in [0.2, 0.25) is 0 Å². The molecule has 1 rings (SSSR count). The maximum absolute atomic E-state index is 12.1. The van der Waals surface area contributed by atoms with Crippen molar-refractivity contribution >= 4 is 11.8 Å². The monoisotopic (exact) mass is 274 g/mol. The number of carboxylic acid groups (broad SMARTS) is 1. The van der Waals surface area contributed by atoms with Crippen molar-refractivity contribution in [2.45, 2.75) is 26.1 Å². The van der Waals surface area contributed by atoms with E-state index in [0.29, 0.717) is 0 Å². The maximum atomic E-state index is 12.1. The van der Waals surface area contributed by atoms with E-state index in [1.54, 1.807) is 0 Å². The van der Waals surface area contributed by atoms with E-state index in [1.807, 2.05) is 0 Å². The number of aliphatic hydroxyl groups excluding tert-OH is 1. The van der Waals surface area contributed by atoms with Gasteiger partial charge in [0.15, 0.2) is 6.10 Å². The van der Waals surface area contributed by atoms with Gasteiger partial charge in [0.25, 0.3) is 0 Å². The van der Waals surface area contributed by atoms with Gasteiger partial charge in [0.05, 0.1) is 0 Å². The van der Waals surface area contributed by atoms with Gasteiger partial charge in [-0.2, -0.15) is 8.78 Å². The Labute approximate surface area is 107 Å². The third-order valence-electron chi connectivity index (χ3n) is 2.31. The smallest absolute Gasteiger partial charge is 0.387 e. The molecule has 0 aliphatic heterocycles. The number of halogens is 2. The lowest BCUT2D eigenvalue weighted by Crippen LogP contribution is -2.14. The number of benzene rings is 1. The van der Waals surface area contributed by atoms with E-state index in [-0.39, 0.29) is 29.1 Å². The first-order valence-electron chi connectivity index (χ1n) is 5.29. The van der Waals surface area contributed by atoms with Crippen LogP contribution in [-0.2, 0) is 16.0 Å². The first kappa shape index (κ1) is 15.0. The molecule has 0 saturated carbocycles. The van der Waals surface area contributed by atoms with Gasteiger partial charge in [-0.1, -0.05) is 6.07 Å². The SMILES string of the molecule is CC(=O)Cc1ccc(OC(F)F)cc1C(O)C(=O)O. The number of carbonyl (C=O) groups is 2. The predicted molar refractivity (Wildman–Crippen MR) is 60.1 cm³/mol. The fourth-order valence-electron chi connectivity index (χ4n) is 1.57. The van der Waals surface area contributed by atoms with Crippen molar-refractivity contribution in [2.75, 3.05) is 0 Å². The van der Waals surface area contributed by atoms with Crippen molar-refractivity contribution in [3.8, 4) is 5.75 Å². The van der Waals surface area contributed by atoms with Gasteiger partial charge in [-0.15, -0.1) is 0 Å². The second-order valence-corrected chi connectivity index (χ2v) is 3.86. The maximum Gasteiger partial charge on any atom is 0.387 e. The molecule has 0 heterocycles. The quantitative estimate of drug-likeness (QED) is 0.822. The third-order valence-corrected chi connectivity index (χ3v) is 2.31. The molecular weight excluding hydrogens is 262 g/mol. The number of aliphatic carboxylic acids is 1. The van der Waals surface area contributed by atoms with E-state index >= 15 is 0 Å². The summed E-state index contributed by atoms with van der Waals surface area (Å²) in [6.45, 7) is -1.77. The van der Waals surface area contributed by atoms with Crippen LogP contribution in [0, 0.1) is 0 Å². The number of ketones is 1.